The molecule has 2 aromatic carbocycles. The number of hydrogen-bond acceptors (Lipinski definition) is 6. The van der Waals surface area contributed by atoms with E-state index >= 15 is 0 Å². The van der Waals surface area contributed by atoms with Gasteiger partial charge in [0.1, 0.15) is 11.6 Å². The summed E-state index contributed by atoms with van der Waals surface area (Å²) in [4.78, 5) is 24.8. The second kappa shape index (κ2) is 11.0. The van der Waals surface area contributed by atoms with Gasteiger partial charge in [0.25, 0.3) is 0 Å². The first-order valence-electron chi connectivity index (χ1n) is 10.1. The van der Waals surface area contributed by atoms with Crippen LogP contribution in [0.15, 0.2) is 79.3 Å². The van der Waals surface area contributed by atoms with Crippen LogP contribution in [0.5, 0.6) is 5.75 Å². The molecule has 4 aromatic rings. The zero-order chi connectivity index (χ0) is 26.3. The van der Waals surface area contributed by atoms with Crippen LogP contribution in [0.2, 0.25) is 0 Å². The highest BCUT2D eigenvalue weighted by atomic mass is 19.4. The maximum absolute atomic E-state index is 11.8. The average Bonchev–Trinajstić information content (AvgIpc) is 3.28. The van der Waals surface area contributed by atoms with Gasteiger partial charge in [-0.3, -0.25) is 4.98 Å². The topological polar surface area (TPSA) is 127 Å². The number of halogens is 3. The first kappa shape index (κ1) is 25.7. The molecule has 0 bridgehead atoms. The van der Waals surface area contributed by atoms with Crippen molar-refractivity contribution in [1.82, 2.24) is 14.8 Å². The normalized spacial score (nSPS) is 10.7. The number of para-hydroxylation sites is 1. The van der Waals surface area contributed by atoms with Gasteiger partial charge < -0.3 is 20.3 Å². The predicted octanol–water partition coefficient (Wildman–Crippen LogP) is 5.02. The Balaban J connectivity index is 0.000000454. The smallest absolute Gasteiger partial charge is 0.490 e. The summed E-state index contributed by atoms with van der Waals surface area (Å²) < 4.78 is 38.6. The molecule has 0 amide bonds. The Kier molecular flexibility index (Phi) is 7.89. The largest absolute Gasteiger partial charge is 0.497 e. The van der Waals surface area contributed by atoms with E-state index in [1.54, 1.807) is 35.4 Å². The van der Waals surface area contributed by atoms with E-state index in [0.29, 0.717) is 17.3 Å². The molecule has 0 saturated heterocycles. The number of nitrogens with zero attached hydrogens (tertiary/aromatic N) is 3. The number of alkyl halides is 3. The van der Waals surface area contributed by atoms with Crippen molar-refractivity contribution in [3.8, 4) is 22.6 Å². The monoisotopic (exact) mass is 500 g/mol. The van der Waals surface area contributed by atoms with Gasteiger partial charge in [-0.05, 0) is 48.0 Å². The summed E-state index contributed by atoms with van der Waals surface area (Å²) in [6.45, 7) is 0. The number of rotatable bonds is 6. The van der Waals surface area contributed by atoms with Gasteiger partial charge in [-0.1, -0.05) is 18.2 Å². The highest BCUT2D eigenvalue weighted by molar-refractivity contribution is 5.96. The molecule has 0 spiro atoms. The van der Waals surface area contributed by atoms with Crippen molar-refractivity contribution in [3.05, 3.63) is 84.8 Å². The molecule has 0 fully saturated rings. The Morgan fingerprint density at radius 3 is 2.19 bits per heavy atom. The van der Waals surface area contributed by atoms with E-state index in [1.165, 1.54) is 13.2 Å². The molecule has 2 heterocycles. The number of anilines is 2. The summed E-state index contributed by atoms with van der Waals surface area (Å²) in [7, 11) is 1.50. The summed E-state index contributed by atoms with van der Waals surface area (Å²) in [5, 5.41) is 24.6. The van der Waals surface area contributed by atoms with Crippen LogP contribution in [0.1, 0.15) is 10.4 Å². The summed E-state index contributed by atoms with van der Waals surface area (Å²) >= 11 is 0. The fourth-order valence-corrected chi connectivity index (χ4v) is 3.04. The van der Waals surface area contributed by atoms with Crippen molar-refractivity contribution in [3.63, 3.8) is 0 Å². The predicted molar refractivity (Wildman–Crippen MR) is 124 cm³/mol. The first-order valence-corrected chi connectivity index (χ1v) is 10.1. The molecular formula is C24H19F3N4O5. The number of aliphatic carboxylic acids is 1. The van der Waals surface area contributed by atoms with E-state index in [1.807, 2.05) is 42.5 Å². The van der Waals surface area contributed by atoms with Crippen molar-refractivity contribution in [1.29, 1.82) is 0 Å². The van der Waals surface area contributed by atoms with E-state index < -0.39 is 18.1 Å². The van der Waals surface area contributed by atoms with Gasteiger partial charge >= 0.3 is 18.1 Å². The average molecular weight is 500 g/mol. The maximum Gasteiger partial charge on any atom is 0.490 e. The van der Waals surface area contributed by atoms with E-state index in [2.05, 4.69) is 15.4 Å². The molecule has 186 valence electrons. The third kappa shape index (κ3) is 6.17. The Labute approximate surface area is 202 Å². The van der Waals surface area contributed by atoms with Crippen molar-refractivity contribution < 1.29 is 37.7 Å². The molecule has 12 heteroatoms. The van der Waals surface area contributed by atoms with Gasteiger partial charge in [-0.15, -0.1) is 0 Å². The van der Waals surface area contributed by atoms with Crippen LogP contribution >= 0.6 is 0 Å². The Morgan fingerprint density at radius 1 is 1.00 bits per heavy atom. The van der Waals surface area contributed by atoms with Crippen molar-refractivity contribution in [2.45, 2.75) is 6.18 Å². The molecular weight excluding hydrogens is 481 g/mol. The lowest BCUT2D eigenvalue weighted by Gasteiger charge is -2.15. The minimum absolute atomic E-state index is 0.103. The van der Waals surface area contributed by atoms with Crippen molar-refractivity contribution >= 4 is 23.4 Å². The molecule has 0 radical (unpaired) electrons. The Hall–Kier alpha value is -4.87. The van der Waals surface area contributed by atoms with Crippen LogP contribution in [0.3, 0.4) is 0 Å². The molecule has 0 atom stereocenters. The molecule has 0 saturated carbocycles. The summed E-state index contributed by atoms with van der Waals surface area (Å²) in [5.41, 5.74) is 3.12. The van der Waals surface area contributed by atoms with Crippen LogP contribution in [-0.2, 0) is 4.79 Å². The van der Waals surface area contributed by atoms with E-state index in [4.69, 9.17) is 14.6 Å². The lowest BCUT2D eigenvalue weighted by Crippen LogP contribution is -2.21. The molecule has 0 unspecified atom stereocenters. The molecule has 36 heavy (non-hydrogen) atoms. The number of aromatic nitrogens is 3. The van der Waals surface area contributed by atoms with Gasteiger partial charge in [0.2, 0.25) is 0 Å². The number of aromatic carboxylic acids is 1. The second-order valence-corrected chi connectivity index (χ2v) is 7.03. The SMILES string of the molecule is COc1ccc(Nc2c(-c3ccncc3)cnn2-c2ccccc2)c(C(=O)O)c1.O=C(O)C(F)(F)F. The van der Waals surface area contributed by atoms with Gasteiger partial charge in [0.15, 0.2) is 0 Å². The number of hydrogen-bond donors (Lipinski definition) is 3. The number of carboxylic acid groups (broad SMARTS) is 2. The van der Waals surface area contributed by atoms with E-state index in [9.17, 15) is 23.1 Å². The number of methoxy groups -OCH3 is 1. The Bertz CT molecular complexity index is 1290. The van der Waals surface area contributed by atoms with Crippen LogP contribution in [0, 0.1) is 0 Å². The standard InChI is InChI=1S/C22H18N4O3.C2HF3O2/c1-29-17-7-8-20(18(13-17)22(27)28)25-21-19(15-9-11-23-12-10-15)14-24-26(21)16-5-3-2-4-6-16;3-2(4,5)1(6)7/h2-14,25H,1H3,(H,27,28);(H,6,7). The molecule has 3 N–H and O–H groups in total. The number of benzene rings is 2. The molecule has 0 aliphatic heterocycles. The number of ether oxygens (including phenoxy) is 1. The van der Waals surface area contributed by atoms with Gasteiger partial charge in [0, 0.05) is 18.0 Å². The third-order valence-electron chi connectivity index (χ3n) is 4.71. The quantitative estimate of drug-likeness (QED) is 0.337. The van der Waals surface area contributed by atoms with Crippen molar-refractivity contribution in [2.75, 3.05) is 12.4 Å². The Morgan fingerprint density at radius 2 is 1.64 bits per heavy atom. The number of carbonyl (C=O) groups is 2. The highest BCUT2D eigenvalue weighted by Crippen LogP contribution is 2.34. The molecule has 0 aliphatic rings. The zero-order valence-corrected chi connectivity index (χ0v) is 18.6. The lowest BCUT2D eigenvalue weighted by molar-refractivity contribution is -0.192. The molecule has 4 rings (SSSR count). The minimum atomic E-state index is -5.08. The van der Waals surface area contributed by atoms with Gasteiger partial charge in [-0.25, -0.2) is 14.3 Å². The number of nitrogens with one attached hydrogen (secondary N) is 1. The third-order valence-corrected chi connectivity index (χ3v) is 4.71. The number of pyridine rings is 1. The zero-order valence-electron chi connectivity index (χ0n) is 18.6. The summed E-state index contributed by atoms with van der Waals surface area (Å²) in [6, 6.07) is 18.3. The van der Waals surface area contributed by atoms with Gasteiger partial charge in [0.05, 0.1) is 30.2 Å². The second-order valence-electron chi connectivity index (χ2n) is 7.03. The van der Waals surface area contributed by atoms with E-state index in [-0.39, 0.29) is 5.56 Å². The molecule has 0 aliphatic carbocycles. The first-order chi connectivity index (χ1) is 17.1. The molecule has 2 aromatic heterocycles. The lowest BCUT2D eigenvalue weighted by atomic mass is 10.1. The number of carboxylic acids is 2. The van der Waals surface area contributed by atoms with Crippen LogP contribution in [0.25, 0.3) is 16.8 Å². The van der Waals surface area contributed by atoms with Crippen LogP contribution < -0.4 is 10.1 Å². The fourth-order valence-electron chi connectivity index (χ4n) is 3.04. The summed E-state index contributed by atoms with van der Waals surface area (Å²) in [6.07, 6.45) is 0.0681. The molecule has 9 nitrogen and oxygen atoms in total. The van der Waals surface area contributed by atoms with Gasteiger partial charge in [-0.2, -0.15) is 18.3 Å². The van der Waals surface area contributed by atoms with Crippen molar-refractivity contribution in [2.24, 2.45) is 0 Å². The summed E-state index contributed by atoms with van der Waals surface area (Å²) in [5.74, 6) is -2.69. The van der Waals surface area contributed by atoms with Crippen LogP contribution in [-0.4, -0.2) is 50.2 Å². The fraction of sp³-hybridized carbons (Fsp3) is 0.0833. The van der Waals surface area contributed by atoms with Crippen LogP contribution in [0.4, 0.5) is 24.7 Å². The van der Waals surface area contributed by atoms with E-state index in [0.717, 1.165) is 16.8 Å². The maximum atomic E-state index is 11.8. The minimum Gasteiger partial charge on any atom is -0.497 e. The highest BCUT2D eigenvalue weighted by Gasteiger charge is 2.38.